The zero-order valence-electron chi connectivity index (χ0n) is 9.08. The lowest BCUT2D eigenvalue weighted by molar-refractivity contribution is 0.541. The van der Waals surface area contributed by atoms with Gasteiger partial charge in [0, 0.05) is 17.6 Å². The lowest BCUT2D eigenvalue weighted by Gasteiger charge is -2.02. The van der Waals surface area contributed by atoms with Gasteiger partial charge in [0.2, 0.25) is 0 Å². The minimum Gasteiger partial charge on any atom is -0.253 e. The molecule has 1 aromatic heterocycles. The van der Waals surface area contributed by atoms with Crippen LogP contribution in [0.4, 0.5) is 0 Å². The first-order valence-corrected chi connectivity index (χ1v) is 5.91. The molecule has 0 aliphatic heterocycles. The maximum atomic E-state index is 4.26. The highest BCUT2D eigenvalue weighted by molar-refractivity contribution is 7.80. The van der Waals surface area contributed by atoms with Gasteiger partial charge in [0.05, 0.1) is 6.20 Å². The van der Waals surface area contributed by atoms with E-state index in [9.17, 15) is 0 Å². The summed E-state index contributed by atoms with van der Waals surface area (Å²) < 4.78 is 1.87. The molecule has 1 heterocycles. The third kappa shape index (κ3) is 3.38. The van der Waals surface area contributed by atoms with Gasteiger partial charge in [-0.25, -0.2) is 0 Å². The van der Waals surface area contributed by atoms with E-state index in [0.717, 1.165) is 24.3 Å². The molecule has 4 heteroatoms. The van der Waals surface area contributed by atoms with Crippen molar-refractivity contribution < 1.29 is 0 Å². The Balaban J connectivity index is 1.70. The maximum absolute atomic E-state index is 4.26. The molecular weight excluding hydrogens is 218 g/mol. The molecule has 0 amide bonds. The molecule has 3 nitrogen and oxygen atoms in total. The van der Waals surface area contributed by atoms with Gasteiger partial charge in [-0.2, -0.15) is 0 Å². The second-order valence-electron chi connectivity index (χ2n) is 3.79. The summed E-state index contributed by atoms with van der Waals surface area (Å²) in [6, 6.07) is 8.35. The normalized spacial score (nSPS) is 10.6. The average molecular weight is 233 g/mol. The van der Waals surface area contributed by atoms with Crippen molar-refractivity contribution in [2.75, 3.05) is 0 Å². The summed E-state index contributed by atoms with van der Waals surface area (Å²) in [7, 11) is 0. The number of nitrogens with zero attached hydrogens (tertiary/aromatic N) is 3. The smallest absolute Gasteiger partial charge is 0.0692 e. The fourth-order valence-corrected chi connectivity index (χ4v) is 1.77. The van der Waals surface area contributed by atoms with E-state index in [0.29, 0.717) is 0 Å². The number of hydrogen-bond donors (Lipinski definition) is 1. The molecule has 0 aliphatic rings. The van der Waals surface area contributed by atoms with Crippen LogP contribution in [0.25, 0.3) is 0 Å². The van der Waals surface area contributed by atoms with Gasteiger partial charge in [-0.05, 0) is 37.0 Å². The largest absolute Gasteiger partial charge is 0.253 e. The molecule has 16 heavy (non-hydrogen) atoms. The van der Waals surface area contributed by atoms with E-state index < -0.39 is 0 Å². The minimum atomic E-state index is 0.949. The highest BCUT2D eigenvalue weighted by Crippen LogP contribution is 2.10. The molecular formula is C12H15N3S. The first kappa shape index (κ1) is 11.2. The van der Waals surface area contributed by atoms with Crippen molar-refractivity contribution >= 4 is 12.6 Å². The van der Waals surface area contributed by atoms with E-state index in [2.05, 4.69) is 35.1 Å². The monoisotopic (exact) mass is 233 g/mol. The fourth-order valence-electron chi connectivity index (χ4n) is 1.62. The van der Waals surface area contributed by atoms with Gasteiger partial charge in [0.25, 0.3) is 0 Å². The number of aromatic nitrogens is 3. The van der Waals surface area contributed by atoms with Gasteiger partial charge in [-0.3, -0.25) is 4.68 Å². The van der Waals surface area contributed by atoms with E-state index in [1.807, 2.05) is 23.0 Å². The van der Waals surface area contributed by atoms with Crippen molar-refractivity contribution in [1.82, 2.24) is 15.0 Å². The number of hydrogen-bond acceptors (Lipinski definition) is 3. The Kier molecular flexibility index (Phi) is 3.99. The van der Waals surface area contributed by atoms with Crippen LogP contribution in [0.5, 0.6) is 0 Å². The molecule has 0 N–H and O–H groups in total. The predicted octanol–water partition coefficient (Wildman–Crippen LogP) is 2.59. The van der Waals surface area contributed by atoms with Crippen molar-refractivity contribution in [1.29, 1.82) is 0 Å². The fraction of sp³-hybridized carbons (Fsp3) is 0.333. The van der Waals surface area contributed by atoms with Crippen molar-refractivity contribution in [3.63, 3.8) is 0 Å². The average Bonchev–Trinajstić information content (AvgIpc) is 2.80. The van der Waals surface area contributed by atoms with Crippen molar-refractivity contribution in [3.8, 4) is 0 Å². The second kappa shape index (κ2) is 5.70. The summed E-state index contributed by atoms with van der Waals surface area (Å²) in [5.41, 5.74) is 1.37. The summed E-state index contributed by atoms with van der Waals surface area (Å²) in [5, 5.41) is 7.70. The Morgan fingerprint density at radius 1 is 1.12 bits per heavy atom. The zero-order valence-corrected chi connectivity index (χ0v) is 9.98. The van der Waals surface area contributed by atoms with Gasteiger partial charge in [-0.1, -0.05) is 17.3 Å². The van der Waals surface area contributed by atoms with E-state index >= 15 is 0 Å². The van der Waals surface area contributed by atoms with Gasteiger partial charge in [-0.15, -0.1) is 17.7 Å². The van der Waals surface area contributed by atoms with Crippen LogP contribution in [0.15, 0.2) is 41.6 Å². The maximum Gasteiger partial charge on any atom is 0.0692 e. The van der Waals surface area contributed by atoms with Crippen molar-refractivity contribution in [3.05, 3.63) is 42.2 Å². The molecule has 0 unspecified atom stereocenters. The van der Waals surface area contributed by atoms with Gasteiger partial charge < -0.3 is 0 Å². The molecule has 0 bridgehead atoms. The molecule has 0 spiro atoms. The van der Waals surface area contributed by atoms with E-state index in [1.165, 1.54) is 12.0 Å². The minimum absolute atomic E-state index is 0.949. The van der Waals surface area contributed by atoms with Crippen LogP contribution in [0.3, 0.4) is 0 Å². The van der Waals surface area contributed by atoms with E-state index in [1.54, 1.807) is 6.20 Å². The van der Waals surface area contributed by atoms with Crippen molar-refractivity contribution in [2.24, 2.45) is 0 Å². The van der Waals surface area contributed by atoms with Gasteiger partial charge >= 0.3 is 0 Å². The first-order valence-electron chi connectivity index (χ1n) is 5.46. The Morgan fingerprint density at radius 3 is 2.62 bits per heavy atom. The zero-order chi connectivity index (χ0) is 11.2. The standard InChI is InChI=1S/C12H15N3S/c16-12-6-4-11(5-7-12)3-1-2-9-15-10-8-13-14-15/h4-8,10,16H,1-3,9H2. The highest BCUT2D eigenvalue weighted by atomic mass is 32.1. The molecule has 0 saturated carbocycles. The topological polar surface area (TPSA) is 30.7 Å². The Labute approximate surface area is 101 Å². The summed E-state index contributed by atoms with van der Waals surface area (Å²) >= 11 is 4.26. The number of thiol groups is 1. The SMILES string of the molecule is Sc1ccc(CCCCn2ccnn2)cc1. The Hall–Kier alpha value is -1.29. The van der Waals surface area contributed by atoms with Crippen LogP contribution in [-0.2, 0) is 13.0 Å². The number of benzene rings is 1. The van der Waals surface area contributed by atoms with Crippen LogP contribution in [0.1, 0.15) is 18.4 Å². The number of rotatable bonds is 5. The third-order valence-electron chi connectivity index (χ3n) is 2.51. The Bertz CT molecular complexity index is 408. The van der Waals surface area contributed by atoms with Crippen LogP contribution in [-0.4, -0.2) is 15.0 Å². The molecule has 2 rings (SSSR count). The third-order valence-corrected chi connectivity index (χ3v) is 2.81. The quantitative estimate of drug-likeness (QED) is 0.635. The van der Waals surface area contributed by atoms with Crippen LogP contribution < -0.4 is 0 Å². The summed E-state index contributed by atoms with van der Waals surface area (Å²) in [6.45, 7) is 0.949. The van der Waals surface area contributed by atoms with Gasteiger partial charge in [0.15, 0.2) is 0 Å². The van der Waals surface area contributed by atoms with E-state index in [-0.39, 0.29) is 0 Å². The van der Waals surface area contributed by atoms with Crippen LogP contribution in [0.2, 0.25) is 0 Å². The molecule has 0 saturated heterocycles. The highest BCUT2D eigenvalue weighted by Gasteiger charge is 1.95. The van der Waals surface area contributed by atoms with Crippen LogP contribution in [0, 0.1) is 0 Å². The van der Waals surface area contributed by atoms with Crippen LogP contribution >= 0.6 is 12.6 Å². The second-order valence-corrected chi connectivity index (χ2v) is 4.31. The molecule has 0 radical (unpaired) electrons. The lowest BCUT2D eigenvalue weighted by atomic mass is 10.1. The molecule has 84 valence electrons. The summed E-state index contributed by atoms with van der Waals surface area (Å²) in [4.78, 5) is 1.02. The lowest BCUT2D eigenvalue weighted by Crippen LogP contribution is -1.99. The van der Waals surface area contributed by atoms with E-state index in [4.69, 9.17) is 0 Å². The number of aryl methyl sites for hydroxylation is 2. The molecule has 0 atom stereocenters. The molecule has 0 fully saturated rings. The Morgan fingerprint density at radius 2 is 1.94 bits per heavy atom. The predicted molar refractivity (Wildman–Crippen MR) is 66.7 cm³/mol. The molecule has 2 aromatic rings. The van der Waals surface area contributed by atoms with Gasteiger partial charge in [0.1, 0.15) is 0 Å². The summed E-state index contributed by atoms with van der Waals surface area (Å²) in [5.74, 6) is 0. The molecule has 0 aliphatic carbocycles. The first-order chi connectivity index (χ1) is 7.84. The van der Waals surface area contributed by atoms with Crippen molar-refractivity contribution in [2.45, 2.75) is 30.7 Å². The molecule has 1 aromatic carbocycles. The number of unbranched alkanes of at least 4 members (excludes halogenated alkanes) is 1. The summed E-state index contributed by atoms with van der Waals surface area (Å²) in [6.07, 6.45) is 7.03.